The summed E-state index contributed by atoms with van der Waals surface area (Å²) in [6.45, 7) is 6.19. The zero-order valence-corrected chi connectivity index (χ0v) is 20.4. The summed E-state index contributed by atoms with van der Waals surface area (Å²) in [6.07, 6.45) is -3.01. The molecule has 1 atom stereocenters. The van der Waals surface area contributed by atoms with Gasteiger partial charge in [0.05, 0.1) is 35.4 Å². The van der Waals surface area contributed by atoms with Gasteiger partial charge in [0.1, 0.15) is 24.7 Å². The molecular formula is C24H27F3N6O4. The minimum Gasteiger partial charge on any atom is -0.485 e. The van der Waals surface area contributed by atoms with E-state index in [1.54, 1.807) is 17.0 Å². The number of hydrogen-bond acceptors (Lipinski definition) is 8. The SMILES string of the molecule is CCC(C)Nc1nc(Nc2ccc(C(=O)N3CCOCC3)c3c2OCCO3)nc2[nH]cc(C(F)(F)F)c12. The van der Waals surface area contributed by atoms with Crippen LogP contribution in [0.4, 0.5) is 30.6 Å². The van der Waals surface area contributed by atoms with Crippen LogP contribution in [-0.4, -0.2) is 71.3 Å². The lowest BCUT2D eigenvalue weighted by Crippen LogP contribution is -2.41. The number of carbonyl (C=O) groups is 1. The van der Waals surface area contributed by atoms with Gasteiger partial charge in [-0.3, -0.25) is 4.79 Å². The van der Waals surface area contributed by atoms with E-state index in [9.17, 15) is 18.0 Å². The van der Waals surface area contributed by atoms with E-state index < -0.39 is 11.7 Å². The molecule has 2 aliphatic heterocycles. The van der Waals surface area contributed by atoms with Crippen LogP contribution in [-0.2, 0) is 10.9 Å². The van der Waals surface area contributed by atoms with Gasteiger partial charge in [-0.1, -0.05) is 6.92 Å². The van der Waals surface area contributed by atoms with Gasteiger partial charge in [0, 0.05) is 25.3 Å². The van der Waals surface area contributed by atoms with E-state index in [-0.39, 0.29) is 48.0 Å². The molecule has 1 saturated heterocycles. The highest BCUT2D eigenvalue weighted by Crippen LogP contribution is 2.43. The maximum atomic E-state index is 13.6. The molecule has 0 radical (unpaired) electrons. The number of aromatic nitrogens is 3. The second-order valence-corrected chi connectivity index (χ2v) is 8.82. The maximum absolute atomic E-state index is 13.6. The van der Waals surface area contributed by atoms with E-state index in [1.165, 1.54) is 0 Å². The summed E-state index contributed by atoms with van der Waals surface area (Å²) in [5.74, 6) is 0.525. The zero-order chi connectivity index (χ0) is 26.2. The van der Waals surface area contributed by atoms with E-state index in [1.807, 2.05) is 13.8 Å². The summed E-state index contributed by atoms with van der Waals surface area (Å²) in [5, 5.41) is 5.96. The third-order valence-electron chi connectivity index (χ3n) is 6.30. The standard InChI is InChI=1S/C24H27F3N6O4/c1-3-13(2)29-21-17-15(24(25,26)27)12-28-20(17)31-23(32-21)30-16-5-4-14(18-19(16)37-11-10-36-18)22(34)33-6-8-35-9-7-33/h4-5,12-13H,3,6-11H2,1-2H3,(H3,28,29,30,31,32). The Kier molecular flexibility index (Phi) is 6.71. The number of benzene rings is 1. The van der Waals surface area contributed by atoms with Gasteiger partial charge >= 0.3 is 6.18 Å². The Balaban J connectivity index is 1.52. The molecule has 10 nitrogen and oxygen atoms in total. The normalized spacial score (nSPS) is 16.5. The number of halogens is 3. The molecule has 0 saturated carbocycles. The minimum absolute atomic E-state index is 0.0285. The van der Waals surface area contributed by atoms with E-state index in [0.717, 1.165) is 6.20 Å². The van der Waals surface area contributed by atoms with Crippen molar-refractivity contribution in [1.82, 2.24) is 19.9 Å². The van der Waals surface area contributed by atoms with Crippen LogP contribution < -0.4 is 20.1 Å². The first-order chi connectivity index (χ1) is 17.8. The number of carbonyl (C=O) groups excluding carboxylic acids is 1. The van der Waals surface area contributed by atoms with Gasteiger partial charge in [-0.05, 0) is 25.5 Å². The lowest BCUT2D eigenvalue weighted by Gasteiger charge is -2.29. The van der Waals surface area contributed by atoms with Crippen molar-refractivity contribution in [2.75, 3.05) is 50.2 Å². The number of rotatable bonds is 6. The fourth-order valence-corrected chi connectivity index (χ4v) is 4.21. The van der Waals surface area contributed by atoms with Crippen LogP contribution in [0.25, 0.3) is 11.0 Å². The second-order valence-electron chi connectivity index (χ2n) is 8.82. The van der Waals surface area contributed by atoms with Crippen LogP contribution >= 0.6 is 0 Å². The number of amides is 1. The molecule has 4 heterocycles. The summed E-state index contributed by atoms with van der Waals surface area (Å²) in [7, 11) is 0. The number of nitrogens with zero attached hydrogens (tertiary/aromatic N) is 3. The Hall–Kier alpha value is -3.74. The Labute approximate surface area is 210 Å². The molecule has 3 aromatic rings. The van der Waals surface area contributed by atoms with E-state index >= 15 is 0 Å². The number of hydrogen-bond donors (Lipinski definition) is 3. The third-order valence-corrected chi connectivity index (χ3v) is 6.30. The summed E-state index contributed by atoms with van der Waals surface area (Å²) >= 11 is 0. The first-order valence-corrected chi connectivity index (χ1v) is 12.1. The van der Waals surface area contributed by atoms with Crippen molar-refractivity contribution >= 4 is 34.4 Å². The van der Waals surface area contributed by atoms with Gasteiger partial charge in [0.25, 0.3) is 5.91 Å². The monoisotopic (exact) mass is 520 g/mol. The molecule has 3 N–H and O–H groups in total. The first kappa shape index (κ1) is 24.9. The lowest BCUT2D eigenvalue weighted by molar-refractivity contribution is -0.136. The number of aromatic amines is 1. The van der Waals surface area contributed by atoms with Crippen molar-refractivity contribution in [2.24, 2.45) is 0 Å². The van der Waals surface area contributed by atoms with Crippen molar-refractivity contribution in [1.29, 1.82) is 0 Å². The Morgan fingerprint density at radius 3 is 2.57 bits per heavy atom. The Morgan fingerprint density at radius 2 is 1.86 bits per heavy atom. The Morgan fingerprint density at radius 1 is 1.14 bits per heavy atom. The van der Waals surface area contributed by atoms with Crippen molar-refractivity contribution in [2.45, 2.75) is 32.5 Å². The molecule has 2 aromatic heterocycles. The fourth-order valence-electron chi connectivity index (χ4n) is 4.21. The van der Waals surface area contributed by atoms with Crippen molar-refractivity contribution in [3.8, 4) is 11.5 Å². The van der Waals surface area contributed by atoms with E-state index in [0.29, 0.717) is 55.5 Å². The van der Waals surface area contributed by atoms with Gasteiger partial charge in [0.2, 0.25) is 5.95 Å². The molecule has 0 spiro atoms. The summed E-state index contributed by atoms with van der Waals surface area (Å²) in [4.78, 5) is 26.1. The third kappa shape index (κ3) is 4.95. The predicted molar refractivity (Wildman–Crippen MR) is 130 cm³/mol. The molecule has 1 aromatic carbocycles. The summed E-state index contributed by atoms with van der Waals surface area (Å²) in [5.41, 5.74) is -0.0396. The molecular weight excluding hydrogens is 493 g/mol. The van der Waals surface area contributed by atoms with Crippen LogP contribution in [0.5, 0.6) is 11.5 Å². The zero-order valence-electron chi connectivity index (χ0n) is 20.4. The van der Waals surface area contributed by atoms with Crippen molar-refractivity contribution in [3.05, 3.63) is 29.5 Å². The van der Waals surface area contributed by atoms with E-state index in [2.05, 4.69) is 25.6 Å². The van der Waals surface area contributed by atoms with Gasteiger partial charge in [-0.15, -0.1) is 0 Å². The van der Waals surface area contributed by atoms with Gasteiger partial charge < -0.3 is 34.7 Å². The van der Waals surface area contributed by atoms with Crippen LogP contribution in [0.2, 0.25) is 0 Å². The highest BCUT2D eigenvalue weighted by molar-refractivity contribution is 5.99. The highest BCUT2D eigenvalue weighted by atomic mass is 19.4. The van der Waals surface area contributed by atoms with E-state index in [4.69, 9.17) is 14.2 Å². The molecule has 198 valence electrons. The first-order valence-electron chi connectivity index (χ1n) is 12.1. The molecule has 13 heteroatoms. The van der Waals surface area contributed by atoms with Crippen molar-refractivity contribution in [3.63, 3.8) is 0 Å². The summed E-state index contributed by atoms with van der Waals surface area (Å²) in [6, 6.07) is 3.14. The fraction of sp³-hybridized carbons (Fsp3) is 0.458. The molecule has 0 bridgehead atoms. The number of ether oxygens (including phenoxy) is 3. The average molecular weight is 521 g/mol. The maximum Gasteiger partial charge on any atom is 0.418 e. The lowest BCUT2D eigenvalue weighted by atomic mass is 10.1. The minimum atomic E-state index is -4.57. The number of fused-ring (bicyclic) bond motifs is 2. The molecule has 1 fully saturated rings. The average Bonchev–Trinajstić information content (AvgIpc) is 3.34. The Bertz CT molecular complexity index is 1310. The molecule has 0 aliphatic carbocycles. The predicted octanol–water partition coefficient (Wildman–Crippen LogP) is 4.17. The molecule has 37 heavy (non-hydrogen) atoms. The van der Waals surface area contributed by atoms with Gasteiger partial charge in [0.15, 0.2) is 11.5 Å². The molecule has 5 rings (SSSR count). The number of alkyl halides is 3. The molecule has 1 unspecified atom stereocenters. The second kappa shape index (κ2) is 9.96. The van der Waals surface area contributed by atoms with Crippen LogP contribution in [0.15, 0.2) is 18.3 Å². The van der Waals surface area contributed by atoms with Gasteiger partial charge in [-0.2, -0.15) is 23.1 Å². The van der Waals surface area contributed by atoms with Crippen LogP contribution in [0.1, 0.15) is 36.2 Å². The van der Waals surface area contributed by atoms with Crippen LogP contribution in [0.3, 0.4) is 0 Å². The topological polar surface area (TPSA) is 114 Å². The van der Waals surface area contributed by atoms with Gasteiger partial charge in [-0.25, -0.2) is 0 Å². The smallest absolute Gasteiger partial charge is 0.418 e. The molecule has 2 aliphatic rings. The number of morpholine rings is 1. The number of H-pyrrole nitrogens is 1. The summed E-state index contributed by atoms with van der Waals surface area (Å²) < 4.78 is 57.9. The van der Waals surface area contributed by atoms with Crippen molar-refractivity contribution < 1.29 is 32.2 Å². The number of anilines is 3. The largest absolute Gasteiger partial charge is 0.485 e. The molecule has 1 amide bonds. The highest BCUT2D eigenvalue weighted by Gasteiger charge is 2.36. The van der Waals surface area contributed by atoms with Crippen LogP contribution in [0, 0.1) is 0 Å². The number of nitrogens with one attached hydrogen (secondary N) is 3. The quantitative estimate of drug-likeness (QED) is 0.444.